The van der Waals surface area contributed by atoms with E-state index >= 15 is 0 Å². The molecule has 0 radical (unpaired) electrons. The molecular formula is C23H24N4. The number of hydrogen-bond donors (Lipinski definition) is 1. The summed E-state index contributed by atoms with van der Waals surface area (Å²) < 4.78 is 1.94. The highest BCUT2D eigenvalue weighted by Gasteiger charge is 2.17. The van der Waals surface area contributed by atoms with Crippen molar-refractivity contribution in [2.24, 2.45) is 0 Å². The van der Waals surface area contributed by atoms with E-state index in [4.69, 9.17) is 10.1 Å². The van der Waals surface area contributed by atoms with E-state index in [0.29, 0.717) is 6.04 Å². The largest absolute Gasteiger partial charge is 0.367 e. The minimum Gasteiger partial charge on any atom is -0.367 e. The van der Waals surface area contributed by atoms with Crippen LogP contribution in [0.1, 0.15) is 26.0 Å². The molecular weight excluding hydrogens is 332 g/mol. The molecule has 0 aliphatic heterocycles. The summed E-state index contributed by atoms with van der Waals surface area (Å²) in [5.74, 6) is 0.971. The summed E-state index contributed by atoms with van der Waals surface area (Å²) in [5, 5.41) is 8.40. The Kier molecular flexibility index (Phi) is 4.63. The molecule has 0 amide bonds. The van der Waals surface area contributed by atoms with Crippen molar-refractivity contribution < 1.29 is 0 Å². The van der Waals surface area contributed by atoms with Crippen molar-refractivity contribution in [1.29, 1.82) is 0 Å². The zero-order valence-corrected chi connectivity index (χ0v) is 16.0. The molecule has 2 aromatic carbocycles. The molecule has 27 heavy (non-hydrogen) atoms. The van der Waals surface area contributed by atoms with Gasteiger partial charge in [0.15, 0.2) is 5.65 Å². The summed E-state index contributed by atoms with van der Waals surface area (Å²) >= 11 is 0. The minimum absolute atomic E-state index is 0.351. The van der Waals surface area contributed by atoms with E-state index in [1.54, 1.807) is 0 Å². The van der Waals surface area contributed by atoms with Gasteiger partial charge in [-0.15, -0.1) is 0 Å². The van der Waals surface area contributed by atoms with E-state index in [9.17, 15) is 0 Å². The highest BCUT2D eigenvalue weighted by Crippen LogP contribution is 2.31. The fourth-order valence-corrected chi connectivity index (χ4v) is 3.28. The Morgan fingerprint density at radius 1 is 0.963 bits per heavy atom. The predicted molar refractivity (Wildman–Crippen MR) is 112 cm³/mol. The summed E-state index contributed by atoms with van der Waals surface area (Å²) in [6.45, 7) is 6.41. The number of aromatic nitrogens is 3. The van der Waals surface area contributed by atoms with Crippen LogP contribution in [0.3, 0.4) is 0 Å². The van der Waals surface area contributed by atoms with Gasteiger partial charge in [-0.25, -0.2) is 4.98 Å². The maximum Gasteiger partial charge on any atom is 0.166 e. The second kappa shape index (κ2) is 7.23. The number of fused-ring (bicyclic) bond motifs is 1. The van der Waals surface area contributed by atoms with Crippen molar-refractivity contribution in [3.63, 3.8) is 0 Å². The summed E-state index contributed by atoms with van der Waals surface area (Å²) in [6.07, 6.45) is 1.04. The minimum atomic E-state index is 0.351. The van der Waals surface area contributed by atoms with Crippen LogP contribution in [0.4, 0.5) is 5.82 Å². The zero-order valence-electron chi connectivity index (χ0n) is 16.0. The van der Waals surface area contributed by atoms with Crippen LogP contribution in [0.15, 0.2) is 66.7 Å². The van der Waals surface area contributed by atoms with Gasteiger partial charge in [0.2, 0.25) is 0 Å². The molecule has 4 nitrogen and oxygen atoms in total. The number of nitrogens with one attached hydrogen (secondary N) is 1. The van der Waals surface area contributed by atoms with Crippen molar-refractivity contribution in [2.45, 2.75) is 33.2 Å². The molecule has 4 aromatic rings. The van der Waals surface area contributed by atoms with E-state index in [1.807, 2.05) is 35.7 Å². The number of aryl methyl sites for hydroxylation is 1. The van der Waals surface area contributed by atoms with Gasteiger partial charge in [0.05, 0.1) is 11.4 Å². The zero-order chi connectivity index (χ0) is 18.8. The third-order valence-electron chi connectivity index (χ3n) is 4.90. The molecule has 4 heteroatoms. The topological polar surface area (TPSA) is 42.2 Å². The number of nitrogens with zero attached hydrogens (tertiary/aromatic N) is 3. The lowest BCUT2D eigenvalue weighted by molar-refractivity contribution is 0.748. The molecule has 4 rings (SSSR count). The lowest BCUT2D eigenvalue weighted by Gasteiger charge is -2.15. The van der Waals surface area contributed by atoms with Gasteiger partial charge in [0, 0.05) is 23.2 Å². The molecule has 0 saturated carbocycles. The van der Waals surface area contributed by atoms with Crippen LogP contribution in [0.5, 0.6) is 0 Å². The molecule has 0 saturated heterocycles. The van der Waals surface area contributed by atoms with Crippen LogP contribution in [0.25, 0.3) is 28.0 Å². The van der Waals surface area contributed by atoms with Gasteiger partial charge in [0.25, 0.3) is 0 Å². The van der Waals surface area contributed by atoms with E-state index in [0.717, 1.165) is 46.0 Å². The van der Waals surface area contributed by atoms with Crippen molar-refractivity contribution >= 4 is 11.5 Å². The monoisotopic (exact) mass is 356 g/mol. The molecule has 0 aliphatic rings. The van der Waals surface area contributed by atoms with Gasteiger partial charge in [-0.1, -0.05) is 67.6 Å². The van der Waals surface area contributed by atoms with Gasteiger partial charge >= 0.3 is 0 Å². The first-order valence-corrected chi connectivity index (χ1v) is 9.45. The Balaban J connectivity index is 1.98. The third kappa shape index (κ3) is 3.31. The fraction of sp³-hybridized carbons (Fsp3) is 0.217. The van der Waals surface area contributed by atoms with Crippen molar-refractivity contribution in [3.05, 3.63) is 72.4 Å². The Morgan fingerprint density at radius 3 is 2.22 bits per heavy atom. The van der Waals surface area contributed by atoms with Crippen LogP contribution in [0.2, 0.25) is 0 Å². The van der Waals surface area contributed by atoms with Crippen LogP contribution in [-0.4, -0.2) is 20.6 Å². The number of benzene rings is 2. The fourth-order valence-electron chi connectivity index (χ4n) is 3.28. The Morgan fingerprint density at radius 2 is 1.59 bits per heavy atom. The van der Waals surface area contributed by atoms with E-state index in [1.165, 1.54) is 0 Å². The lowest BCUT2D eigenvalue weighted by Crippen LogP contribution is -2.16. The van der Waals surface area contributed by atoms with Crippen molar-refractivity contribution in [2.75, 3.05) is 5.32 Å². The summed E-state index contributed by atoms with van der Waals surface area (Å²) in [5.41, 5.74) is 6.13. The van der Waals surface area contributed by atoms with E-state index in [-0.39, 0.29) is 0 Å². The highest BCUT2D eigenvalue weighted by atomic mass is 15.3. The average Bonchev–Trinajstić information content (AvgIpc) is 3.05. The molecule has 0 fully saturated rings. The molecule has 0 aliphatic carbocycles. The summed E-state index contributed by atoms with van der Waals surface area (Å²) in [7, 11) is 0. The van der Waals surface area contributed by atoms with Crippen molar-refractivity contribution in [3.8, 4) is 22.4 Å². The van der Waals surface area contributed by atoms with Crippen LogP contribution < -0.4 is 5.32 Å². The number of anilines is 1. The average molecular weight is 356 g/mol. The Bertz CT molecular complexity index is 1050. The molecule has 0 unspecified atom stereocenters. The number of hydrogen-bond acceptors (Lipinski definition) is 3. The quantitative estimate of drug-likeness (QED) is 0.507. The lowest BCUT2D eigenvalue weighted by atomic mass is 10.1. The predicted octanol–water partition coefficient (Wildman–Crippen LogP) is 5.58. The second-order valence-corrected chi connectivity index (χ2v) is 6.91. The van der Waals surface area contributed by atoms with Gasteiger partial charge in [-0.3, -0.25) is 0 Å². The number of rotatable bonds is 5. The first kappa shape index (κ1) is 17.3. The van der Waals surface area contributed by atoms with Crippen LogP contribution in [-0.2, 0) is 0 Å². The van der Waals surface area contributed by atoms with Gasteiger partial charge in [-0.2, -0.15) is 9.61 Å². The van der Waals surface area contributed by atoms with E-state index < -0.39 is 0 Å². The van der Waals surface area contributed by atoms with Gasteiger partial charge in [-0.05, 0) is 25.8 Å². The molecule has 0 spiro atoms. The van der Waals surface area contributed by atoms with Crippen LogP contribution >= 0.6 is 0 Å². The molecule has 136 valence electrons. The summed E-state index contributed by atoms with van der Waals surface area (Å²) in [4.78, 5) is 5.00. The second-order valence-electron chi connectivity index (χ2n) is 6.91. The SMILES string of the molecule is CC[C@H](C)Nc1cc(-c2ccccc2)nc2c(-c3ccccc3)c(C)nn12. The molecule has 2 aromatic heterocycles. The summed E-state index contributed by atoms with van der Waals surface area (Å²) in [6, 6.07) is 23.1. The van der Waals surface area contributed by atoms with Crippen LogP contribution in [0, 0.1) is 6.92 Å². The smallest absolute Gasteiger partial charge is 0.166 e. The standard InChI is InChI=1S/C23H24N4/c1-4-16(2)24-21-15-20(18-11-7-5-8-12-18)25-23-22(17(3)26-27(21)23)19-13-9-6-10-14-19/h5-16,24H,4H2,1-3H3/t16-/m0/s1. The molecule has 0 bridgehead atoms. The van der Waals surface area contributed by atoms with E-state index in [2.05, 4.69) is 61.6 Å². The third-order valence-corrected chi connectivity index (χ3v) is 4.90. The maximum absolute atomic E-state index is 5.00. The normalized spacial score (nSPS) is 12.3. The molecule has 2 heterocycles. The van der Waals surface area contributed by atoms with Gasteiger partial charge < -0.3 is 5.32 Å². The maximum atomic E-state index is 5.00. The Labute approximate surface area is 159 Å². The molecule has 1 atom stereocenters. The van der Waals surface area contributed by atoms with Gasteiger partial charge in [0.1, 0.15) is 5.82 Å². The van der Waals surface area contributed by atoms with Crippen molar-refractivity contribution in [1.82, 2.24) is 14.6 Å². The molecule has 1 N–H and O–H groups in total. The Hall–Kier alpha value is -3.14. The first-order valence-electron chi connectivity index (χ1n) is 9.45. The highest BCUT2D eigenvalue weighted by molar-refractivity contribution is 5.82. The first-order chi connectivity index (χ1) is 13.2.